The molecule has 96 valence electrons. The Morgan fingerprint density at radius 2 is 2.20 bits per heavy atom. The molecule has 0 saturated heterocycles. The van der Waals surface area contributed by atoms with Crippen molar-refractivity contribution in [1.29, 1.82) is 5.26 Å². The lowest BCUT2D eigenvalue weighted by atomic mass is 10.2. The Hall–Kier alpha value is -3.13. The van der Waals surface area contributed by atoms with Crippen molar-refractivity contribution in [2.24, 2.45) is 4.99 Å². The van der Waals surface area contributed by atoms with Gasteiger partial charge in [0.2, 0.25) is 0 Å². The van der Waals surface area contributed by atoms with E-state index in [-0.39, 0.29) is 5.88 Å². The highest BCUT2D eigenvalue weighted by molar-refractivity contribution is 6.00. The number of aliphatic imine (C=N–C) groups is 1. The Morgan fingerprint density at radius 1 is 1.30 bits per heavy atom. The molecule has 0 spiro atoms. The summed E-state index contributed by atoms with van der Waals surface area (Å²) in [6.45, 7) is 0. The quantitative estimate of drug-likeness (QED) is 0.696. The molecule has 3 rings (SSSR count). The van der Waals surface area contributed by atoms with Crippen molar-refractivity contribution >= 4 is 22.9 Å². The molecule has 3 aromatic rings. The molecule has 5 nitrogen and oxygen atoms in total. The molecule has 2 N–H and O–H groups in total. The fraction of sp³-hybridized carbons (Fsp3) is 0. The number of nitrogens with one attached hydrogen (secondary N) is 1. The van der Waals surface area contributed by atoms with Crippen LogP contribution in [0.15, 0.2) is 47.6 Å². The third-order valence-corrected chi connectivity index (χ3v) is 2.89. The molecule has 0 atom stereocenters. The first-order chi connectivity index (χ1) is 9.78. The lowest BCUT2D eigenvalue weighted by molar-refractivity contribution is 0.457. The SMILES string of the molecule is N#Cc1cccc(N=Cc2c(O)[nH]c3cccnc23)c1. The van der Waals surface area contributed by atoms with E-state index in [9.17, 15) is 5.11 Å². The van der Waals surface area contributed by atoms with Gasteiger partial charge in [0.05, 0.1) is 28.4 Å². The summed E-state index contributed by atoms with van der Waals surface area (Å²) in [6.07, 6.45) is 3.20. The molecule has 20 heavy (non-hydrogen) atoms. The molecular weight excluding hydrogens is 252 g/mol. The van der Waals surface area contributed by atoms with E-state index in [2.05, 4.69) is 21.0 Å². The summed E-state index contributed by atoms with van der Waals surface area (Å²) in [5, 5.41) is 18.7. The number of H-pyrrole nitrogens is 1. The number of nitriles is 1. The zero-order chi connectivity index (χ0) is 13.9. The molecule has 0 aliphatic carbocycles. The van der Waals surface area contributed by atoms with Gasteiger partial charge in [0.1, 0.15) is 5.52 Å². The van der Waals surface area contributed by atoms with Crippen LogP contribution < -0.4 is 0 Å². The van der Waals surface area contributed by atoms with Crippen LogP contribution in [-0.4, -0.2) is 21.3 Å². The fourth-order valence-corrected chi connectivity index (χ4v) is 1.94. The van der Waals surface area contributed by atoms with Gasteiger partial charge in [0.15, 0.2) is 5.88 Å². The molecule has 0 bridgehead atoms. The predicted molar refractivity (Wildman–Crippen MR) is 76.2 cm³/mol. The smallest absolute Gasteiger partial charge is 0.200 e. The number of fused-ring (bicyclic) bond motifs is 1. The zero-order valence-corrected chi connectivity index (χ0v) is 10.4. The lowest BCUT2D eigenvalue weighted by Crippen LogP contribution is -1.81. The molecule has 0 aliphatic rings. The Balaban J connectivity index is 2.02. The highest BCUT2D eigenvalue weighted by atomic mass is 16.3. The van der Waals surface area contributed by atoms with E-state index < -0.39 is 0 Å². The number of pyridine rings is 1. The van der Waals surface area contributed by atoms with Gasteiger partial charge in [-0.15, -0.1) is 0 Å². The van der Waals surface area contributed by atoms with Crippen LogP contribution in [0, 0.1) is 11.3 Å². The number of rotatable bonds is 2. The van der Waals surface area contributed by atoms with Crippen LogP contribution in [0.5, 0.6) is 5.88 Å². The van der Waals surface area contributed by atoms with E-state index in [4.69, 9.17) is 5.26 Å². The van der Waals surface area contributed by atoms with Crippen molar-refractivity contribution < 1.29 is 5.11 Å². The highest BCUT2D eigenvalue weighted by Gasteiger charge is 2.09. The Labute approximate surface area is 114 Å². The second-order valence-corrected chi connectivity index (χ2v) is 4.21. The first-order valence-electron chi connectivity index (χ1n) is 5.98. The summed E-state index contributed by atoms with van der Waals surface area (Å²) in [6, 6.07) is 12.6. The van der Waals surface area contributed by atoms with E-state index >= 15 is 0 Å². The molecule has 0 saturated carbocycles. The van der Waals surface area contributed by atoms with Crippen molar-refractivity contribution in [2.45, 2.75) is 0 Å². The van der Waals surface area contributed by atoms with Crippen LogP contribution in [0.1, 0.15) is 11.1 Å². The monoisotopic (exact) mass is 262 g/mol. The molecule has 2 aromatic heterocycles. The van der Waals surface area contributed by atoms with Crippen LogP contribution in [0.25, 0.3) is 11.0 Å². The van der Waals surface area contributed by atoms with E-state index in [1.165, 1.54) is 6.21 Å². The first kappa shape index (κ1) is 11.9. The largest absolute Gasteiger partial charge is 0.494 e. The summed E-state index contributed by atoms with van der Waals surface area (Å²) in [4.78, 5) is 11.3. The van der Waals surface area contributed by atoms with Gasteiger partial charge in [-0.05, 0) is 30.3 Å². The first-order valence-corrected chi connectivity index (χ1v) is 5.98. The van der Waals surface area contributed by atoms with Crippen LogP contribution in [0.3, 0.4) is 0 Å². The molecule has 5 heteroatoms. The maximum absolute atomic E-state index is 9.87. The molecule has 2 heterocycles. The Morgan fingerprint density at radius 3 is 3.05 bits per heavy atom. The summed E-state index contributed by atoms with van der Waals surface area (Å²) < 4.78 is 0. The van der Waals surface area contributed by atoms with Crippen molar-refractivity contribution in [3.8, 4) is 11.9 Å². The number of benzene rings is 1. The van der Waals surface area contributed by atoms with Gasteiger partial charge in [-0.25, -0.2) is 0 Å². The van der Waals surface area contributed by atoms with Crippen molar-refractivity contribution in [1.82, 2.24) is 9.97 Å². The number of hydrogen-bond acceptors (Lipinski definition) is 4. The Kier molecular flexibility index (Phi) is 2.90. The topological polar surface area (TPSA) is 85.1 Å². The molecule has 0 radical (unpaired) electrons. The van der Waals surface area contributed by atoms with E-state index in [0.29, 0.717) is 22.3 Å². The van der Waals surface area contributed by atoms with Gasteiger partial charge >= 0.3 is 0 Å². The van der Waals surface area contributed by atoms with E-state index in [0.717, 1.165) is 5.52 Å². The third kappa shape index (κ3) is 2.10. The average Bonchev–Trinajstić information content (AvgIpc) is 2.81. The molecule has 0 amide bonds. The van der Waals surface area contributed by atoms with Crippen LogP contribution >= 0.6 is 0 Å². The average molecular weight is 262 g/mol. The Bertz CT molecular complexity index is 842. The minimum absolute atomic E-state index is 0.0267. The third-order valence-electron chi connectivity index (χ3n) is 2.89. The van der Waals surface area contributed by atoms with Crippen molar-refractivity contribution in [3.63, 3.8) is 0 Å². The summed E-state index contributed by atoms with van der Waals surface area (Å²) in [5.41, 5.74) is 3.13. The maximum atomic E-state index is 9.87. The minimum atomic E-state index is 0.0267. The van der Waals surface area contributed by atoms with Gasteiger partial charge < -0.3 is 10.1 Å². The van der Waals surface area contributed by atoms with Crippen LogP contribution in [0.4, 0.5) is 5.69 Å². The fourth-order valence-electron chi connectivity index (χ4n) is 1.94. The highest BCUT2D eigenvalue weighted by Crippen LogP contribution is 2.24. The van der Waals surface area contributed by atoms with Crippen LogP contribution in [0.2, 0.25) is 0 Å². The number of aromatic nitrogens is 2. The number of hydrogen-bond donors (Lipinski definition) is 2. The number of aromatic hydroxyl groups is 1. The molecular formula is C15H10N4O. The normalized spacial score (nSPS) is 10.9. The van der Waals surface area contributed by atoms with Gasteiger partial charge in [0, 0.05) is 12.4 Å². The lowest BCUT2D eigenvalue weighted by Gasteiger charge is -1.94. The zero-order valence-electron chi connectivity index (χ0n) is 10.4. The van der Waals surface area contributed by atoms with E-state index in [1.54, 1.807) is 36.5 Å². The van der Waals surface area contributed by atoms with Gasteiger partial charge in [-0.1, -0.05) is 6.07 Å². The minimum Gasteiger partial charge on any atom is -0.494 e. The molecule has 1 aromatic carbocycles. The molecule has 0 aliphatic heterocycles. The van der Waals surface area contributed by atoms with Crippen molar-refractivity contribution in [3.05, 3.63) is 53.7 Å². The van der Waals surface area contributed by atoms with Gasteiger partial charge in [-0.3, -0.25) is 9.98 Å². The maximum Gasteiger partial charge on any atom is 0.200 e. The van der Waals surface area contributed by atoms with Gasteiger partial charge in [0.25, 0.3) is 0 Å². The van der Waals surface area contributed by atoms with Crippen LogP contribution in [-0.2, 0) is 0 Å². The predicted octanol–water partition coefficient (Wildman–Crippen LogP) is 2.89. The molecule has 0 fully saturated rings. The van der Waals surface area contributed by atoms with Crippen molar-refractivity contribution in [2.75, 3.05) is 0 Å². The second-order valence-electron chi connectivity index (χ2n) is 4.21. The number of aromatic amines is 1. The second kappa shape index (κ2) is 4.86. The standard InChI is InChI=1S/C15H10N4O/c16-8-10-3-1-4-11(7-10)18-9-12-14-13(19-15(12)20)5-2-6-17-14/h1-7,9,19-20H. The molecule has 0 unspecified atom stereocenters. The summed E-state index contributed by atoms with van der Waals surface area (Å²) in [7, 11) is 0. The summed E-state index contributed by atoms with van der Waals surface area (Å²) in [5.74, 6) is 0.0267. The van der Waals surface area contributed by atoms with E-state index in [1.807, 2.05) is 6.07 Å². The number of nitrogens with zero attached hydrogens (tertiary/aromatic N) is 3. The van der Waals surface area contributed by atoms with Gasteiger partial charge in [-0.2, -0.15) is 5.26 Å². The summed E-state index contributed by atoms with van der Waals surface area (Å²) >= 11 is 0.